The van der Waals surface area contributed by atoms with Gasteiger partial charge >= 0.3 is 0 Å². The van der Waals surface area contributed by atoms with E-state index in [0.29, 0.717) is 0 Å². The van der Waals surface area contributed by atoms with Gasteiger partial charge in [-0.2, -0.15) is 0 Å². The second-order valence-electron chi connectivity index (χ2n) is 4.75. The monoisotopic (exact) mass is 233 g/mol. The SMILES string of the molecule is CCCCCNc1ccccc1CCCCC. The molecular weight excluding hydrogens is 206 g/mol. The molecule has 1 aromatic rings. The van der Waals surface area contributed by atoms with Gasteiger partial charge in [0.2, 0.25) is 0 Å². The van der Waals surface area contributed by atoms with Crippen LogP contribution in [0.2, 0.25) is 0 Å². The van der Waals surface area contributed by atoms with E-state index in [1.54, 1.807) is 0 Å². The summed E-state index contributed by atoms with van der Waals surface area (Å²) in [5, 5.41) is 3.57. The van der Waals surface area contributed by atoms with Crippen molar-refractivity contribution in [1.29, 1.82) is 0 Å². The Morgan fingerprint density at radius 2 is 1.59 bits per heavy atom. The molecule has 0 saturated heterocycles. The Kier molecular flexibility index (Phi) is 7.53. The fourth-order valence-electron chi connectivity index (χ4n) is 2.07. The molecule has 17 heavy (non-hydrogen) atoms. The number of aryl methyl sites for hydroxylation is 1. The van der Waals surface area contributed by atoms with Gasteiger partial charge in [0, 0.05) is 12.2 Å². The summed E-state index contributed by atoms with van der Waals surface area (Å²) in [5.41, 5.74) is 2.83. The number of anilines is 1. The Morgan fingerprint density at radius 3 is 2.35 bits per heavy atom. The molecule has 0 fully saturated rings. The number of nitrogens with one attached hydrogen (secondary N) is 1. The van der Waals surface area contributed by atoms with Crippen molar-refractivity contribution in [2.45, 2.75) is 58.8 Å². The van der Waals surface area contributed by atoms with Crippen molar-refractivity contribution in [3.63, 3.8) is 0 Å². The fraction of sp³-hybridized carbons (Fsp3) is 0.625. The van der Waals surface area contributed by atoms with Gasteiger partial charge in [-0.3, -0.25) is 0 Å². The number of rotatable bonds is 9. The zero-order valence-electron chi connectivity index (χ0n) is 11.5. The highest BCUT2D eigenvalue weighted by atomic mass is 14.9. The normalized spacial score (nSPS) is 10.5. The van der Waals surface area contributed by atoms with E-state index in [1.165, 1.54) is 56.2 Å². The number of unbranched alkanes of at least 4 members (excludes halogenated alkanes) is 4. The van der Waals surface area contributed by atoms with Crippen LogP contribution in [0.1, 0.15) is 57.9 Å². The van der Waals surface area contributed by atoms with Crippen LogP contribution in [-0.4, -0.2) is 6.54 Å². The Hall–Kier alpha value is -0.980. The van der Waals surface area contributed by atoms with Crippen LogP contribution < -0.4 is 5.32 Å². The topological polar surface area (TPSA) is 12.0 Å². The molecular formula is C16H27N. The van der Waals surface area contributed by atoms with E-state index in [-0.39, 0.29) is 0 Å². The summed E-state index contributed by atoms with van der Waals surface area (Å²) in [7, 11) is 0. The molecule has 0 unspecified atom stereocenters. The number of benzene rings is 1. The number of para-hydroxylation sites is 1. The van der Waals surface area contributed by atoms with Crippen molar-refractivity contribution in [1.82, 2.24) is 0 Å². The Morgan fingerprint density at radius 1 is 0.882 bits per heavy atom. The van der Waals surface area contributed by atoms with Crippen molar-refractivity contribution < 1.29 is 0 Å². The lowest BCUT2D eigenvalue weighted by Crippen LogP contribution is -2.04. The van der Waals surface area contributed by atoms with E-state index in [4.69, 9.17) is 0 Å². The smallest absolute Gasteiger partial charge is 0.0372 e. The van der Waals surface area contributed by atoms with Crippen molar-refractivity contribution in [3.8, 4) is 0 Å². The standard InChI is InChI=1S/C16H27N/c1-3-5-7-11-15-12-8-9-13-16(15)17-14-10-6-4-2/h8-9,12-13,17H,3-7,10-11,14H2,1-2H3. The Labute approximate surface area is 107 Å². The van der Waals surface area contributed by atoms with Crippen LogP contribution in [0, 0.1) is 0 Å². The maximum atomic E-state index is 3.57. The maximum absolute atomic E-state index is 3.57. The minimum atomic E-state index is 1.11. The third-order valence-electron chi connectivity index (χ3n) is 3.16. The lowest BCUT2D eigenvalue weighted by molar-refractivity contribution is 0.715. The predicted octanol–water partition coefficient (Wildman–Crippen LogP) is 5.02. The molecule has 0 bridgehead atoms. The van der Waals surface area contributed by atoms with Gasteiger partial charge in [0.05, 0.1) is 0 Å². The molecule has 0 aromatic heterocycles. The average molecular weight is 233 g/mol. The molecule has 1 rings (SSSR count). The van der Waals surface area contributed by atoms with Crippen molar-refractivity contribution in [2.75, 3.05) is 11.9 Å². The molecule has 0 heterocycles. The van der Waals surface area contributed by atoms with E-state index < -0.39 is 0 Å². The van der Waals surface area contributed by atoms with E-state index in [9.17, 15) is 0 Å². The first-order chi connectivity index (χ1) is 8.38. The van der Waals surface area contributed by atoms with Crippen molar-refractivity contribution in [3.05, 3.63) is 29.8 Å². The molecule has 0 aliphatic heterocycles. The molecule has 1 nitrogen and oxygen atoms in total. The van der Waals surface area contributed by atoms with Gasteiger partial charge in [0.25, 0.3) is 0 Å². The summed E-state index contributed by atoms with van der Waals surface area (Å²) in [6.07, 6.45) is 9.05. The van der Waals surface area contributed by atoms with Gasteiger partial charge in [-0.25, -0.2) is 0 Å². The molecule has 0 aliphatic carbocycles. The highest BCUT2D eigenvalue weighted by Crippen LogP contribution is 2.18. The lowest BCUT2D eigenvalue weighted by atomic mass is 10.1. The second kappa shape index (κ2) is 9.09. The van der Waals surface area contributed by atoms with Gasteiger partial charge < -0.3 is 5.32 Å². The van der Waals surface area contributed by atoms with Gasteiger partial charge in [-0.15, -0.1) is 0 Å². The predicted molar refractivity (Wildman–Crippen MR) is 77.7 cm³/mol. The molecule has 1 heteroatoms. The van der Waals surface area contributed by atoms with Gasteiger partial charge in [0.1, 0.15) is 0 Å². The first-order valence-corrected chi connectivity index (χ1v) is 7.20. The van der Waals surface area contributed by atoms with Crippen LogP contribution in [0.4, 0.5) is 5.69 Å². The minimum Gasteiger partial charge on any atom is -0.385 e. The molecule has 0 atom stereocenters. The first kappa shape index (κ1) is 14.1. The molecule has 0 amide bonds. The Bertz CT molecular complexity index is 293. The van der Waals surface area contributed by atoms with E-state index in [1.807, 2.05) is 0 Å². The zero-order chi connectivity index (χ0) is 12.3. The summed E-state index contributed by atoms with van der Waals surface area (Å²) in [6, 6.07) is 8.76. The van der Waals surface area contributed by atoms with Gasteiger partial charge in [-0.1, -0.05) is 57.7 Å². The molecule has 0 saturated carbocycles. The fourth-order valence-corrected chi connectivity index (χ4v) is 2.07. The van der Waals surface area contributed by atoms with Crippen LogP contribution in [0.3, 0.4) is 0 Å². The second-order valence-corrected chi connectivity index (χ2v) is 4.75. The number of hydrogen-bond donors (Lipinski definition) is 1. The number of hydrogen-bond acceptors (Lipinski definition) is 1. The van der Waals surface area contributed by atoms with Gasteiger partial charge in [0.15, 0.2) is 0 Å². The summed E-state index contributed by atoms with van der Waals surface area (Å²) in [6.45, 7) is 5.62. The molecule has 0 spiro atoms. The van der Waals surface area contributed by atoms with Crippen LogP contribution in [0.15, 0.2) is 24.3 Å². The molecule has 0 aliphatic rings. The lowest BCUT2D eigenvalue weighted by Gasteiger charge is -2.11. The maximum Gasteiger partial charge on any atom is 0.0372 e. The molecule has 1 N–H and O–H groups in total. The van der Waals surface area contributed by atoms with E-state index >= 15 is 0 Å². The van der Waals surface area contributed by atoms with Crippen molar-refractivity contribution in [2.24, 2.45) is 0 Å². The summed E-state index contributed by atoms with van der Waals surface area (Å²) in [5.74, 6) is 0. The third-order valence-corrected chi connectivity index (χ3v) is 3.16. The van der Waals surface area contributed by atoms with Gasteiger partial charge in [-0.05, 0) is 30.9 Å². The molecule has 96 valence electrons. The highest BCUT2D eigenvalue weighted by Gasteiger charge is 2.00. The van der Waals surface area contributed by atoms with Crippen LogP contribution >= 0.6 is 0 Å². The third kappa shape index (κ3) is 5.76. The zero-order valence-corrected chi connectivity index (χ0v) is 11.5. The van der Waals surface area contributed by atoms with Crippen LogP contribution in [0.5, 0.6) is 0 Å². The van der Waals surface area contributed by atoms with Crippen molar-refractivity contribution >= 4 is 5.69 Å². The highest BCUT2D eigenvalue weighted by molar-refractivity contribution is 5.51. The largest absolute Gasteiger partial charge is 0.385 e. The summed E-state index contributed by atoms with van der Waals surface area (Å²) < 4.78 is 0. The minimum absolute atomic E-state index is 1.11. The first-order valence-electron chi connectivity index (χ1n) is 7.20. The summed E-state index contributed by atoms with van der Waals surface area (Å²) in [4.78, 5) is 0. The van der Waals surface area contributed by atoms with E-state index in [2.05, 4.69) is 43.4 Å². The quantitative estimate of drug-likeness (QED) is 0.590. The van der Waals surface area contributed by atoms with Crippen LogP contribution in [0.25, 0.3) is 0 Å². The average Bonchev–Trinajstić information content (AvgIpc) is 2.36. The Balaban J connectivity index is 2.40. The molecule has 0 radical (unpaired) electrons. The van der Waals surface area contributed by atoms with E-state index in [0.717, 1.165) is 6.54 Å². The van der Waals surface area contributed by atoms with Crippen LogP contribution in [-0.2, 0) is 6.42 Å². The molecule has 1 aromatic carbocycles. The summed E-state index contributed by atoms with van der Waals surface area (Å²) >= 11 is 0.